The zero-order chi connectivity index (χ0) is 21.8. The molecule has 164 valence electrons. The van der Waals surface area contributed by atoms with Crippen molar-refractivity contribution >= 4 is 17.5 Å². The van der Waals surface area contributed by atoms with Gasteiger partial charge in [0.05, 0.1) is 5.69 Å². The number of amides is 1. The Hall–Kier alpha value is -2.90. The van der Waals surface area contributed by atoms with Crippen LogP contribution in [0.2, 0.25) is 5.02 Å². The van der Waals surface area contributed by atoms with Crippen molar-refractivity contribution in [2.75, 3.05) is 13.6 Å². The van der Waals surface area contributed by atoms with Crippen LogP contribution < -0.4 is 15.4 Å². The molecule has 0 bridgehead atoms. The summed E-state index contributed by atoms with van der Waals surface area (Å²) in [6.45, 7) is 1.66. The topological polar surface area (TPSA) is 89.3 Å². The molecule has 0 fully saturated rings. The van der Waals surface area contributed by atoms with Gasteiger partial charge in [0, 0.05) is 78.9 Å². The molecule has 3 aliphatic rings. The van der Waals surface area contributed by atoms with Crippen LogP contribution >= 0.6 is 11.6 Å². The second kappa shape index (κ2) is 7.60. The molecule has 1 aromatic carbocycles. The average Bonchev–Trinajstić information content (AvgIpc) is 3.53. The highest BCUT2D eigenvalue weighted by atomic mass is 35.5. The van der Waals surface area contributed by atoms with Crippen molar-refractivity contribution in [1.82, 2.24) is 20.8 Å². The lowest BCUT2D eigenvalue weighted by atomic mass is 9.95. The highest BCUT2D eigenvalue weighted by Crippen LogP contribution is 2.47. The number of hydrogen-bond donors (Lipinski definition) is 2. The Morgan fingerprint density at radius 1 is 1.19 bits per heavy atom. The summed E-state index contributed by atoms with van der Waals surface area (Å²) < 4.78 is 12.2. The molecule has 2 aromatic heterocycles. The Morgan fingerprint density at radius 2 is 2.09 bits per heavy atom. The van der Waals surface area contributed by atoms with Crippen molar-refractivity contribution in [2.24, 2.45) is 5.92 Å². The number of carbonyl (C=O) groups is 1. The second-order valence-electron chi connectivity index (χ2n) is 8.65. The average molecular weight is 451 g/mol. The highest BCUT2D eigenvalue weighted by Gasteiger charge is 2.36. The fourth-order valence-corrected chi connectivity index (χ4v) is 5.46. The molecule has 2 N–H and O–H groups in total. The minimum Gasteiger partial charge on any atom is -0.481 e. The molecule has 32 heavy (non-hydrogen) atoms. The van der Waals surface area contributed by atoms with Crippen molar-refractivity contribution < 1.29 is 14.1 Å². The summed E-state index contributed by atoms with van der Waals surface area (Å²) in [7, 11) is 1.68. The van der Waals surface area contributed by atoms with Crippen LogP contribution in [0.5, 0.6) is 5.75 Å². The number of rotatable bonds is 3. The van der Waals surface area contributed by atoms with Gasteiger partial charge in [0.15, 0.2) is 11.9 Å². The van der Waals surface area contributed by atoms with E-state index in [9.17, 15) is 4.79 Å². The maximum Gasteiger partial charge on any atom is 0.223 e. The molecule has 8 heteroatoms. The molecule has 2 atom stereocenters. The smallest absolute Gasteiger partial charge is 0.223 e. The number of carbonyl (C=O) groups excluding carboxylic acids is 1. The lowest BCUT2D eigenvalue weighted by Gasteiger charge is -2.16. The molecule has 6 rings (SSSR count). The lowest BCUT2D eigenvalue weighted by molar-refractivity contribution is -0.124. The molecule has 3 aromatic rings. The molecule has 2 unspecified atom stereocenters. The van der Waals surface area contributed by atoms with Crippen LogP contribution in [0.4, 0.5) is 0 Å². The van der Waals surface area contributed by atoms with Gasteiger partial charge in [-0.05, 0) is 35.7 Å². The van der Waals surface area contributed by atoms with Crippen LogP contribution in [0.25, 0.3) is 11.1 Å². The number of pyridine rings is 1. The number of halogens is 1. The first-order valence-corrected chi connectivity index (χ1v) is 11.4. The van der Waals surface area contributed by atoms with E-state index >= 15 is 0 Å². The van der Waals surface area contributed by atoms with Gasteiger partial charge in [-0.1, -0.05) is 16.8 Å². The van der Waals surface area contributed by atoms with E-state index in [4.69, 9.17) is 20.9 Å². The van der Waals surface area contributed by atoms with Gasteiger partial charge in [-0.25, -0.2) is 0 Å². The third-order valence-corrected chi connectivity index (χ3v) is 6.99. The third-order valence-electron chi connectivity index (χ3n) is 6.77. The zero-order valence-electron chi connectivity index (χ0n) is 17.7. The number of benzene rings is 1. The fraction of sp³-hybridized carbons (Fsp3) is 0.375. The molecule has 0 spiro atoms. The Kier molecular flexibility index (Phi) is 4.69. The molecular weight excluding hydrogens is 428 g/mol. The summed E-state index contributed by atoms with van der Waals surface area (Å²) >= 11 is 6.54. The van der Waals surface area contributed by atoms with E-state index in [0.717, 1.165) is 70.2 Å². The van der Waals surface area contributed by atoms with E-state index in [2.05, 4.69) is 20.8 Å². The van der Waals surface area contributed by atoms with E-state index in [1.165, 1.54) is 0 Å². The number of nitrogens with one attached hydrogen (secondary N) is 2. The molecule has 7 nitrogen and oxygen atoms in total. The summed E-state index contributed by atoms with van der Waals surface area (Å²) in [6, 6.07) is 5.91. The van der Waals surface area contributed by atoms with Crippen LogP contribution in [-0.2, 0) is 37.0 Å². The van der Waals surface area contributed by atoms with E-state index in [-0.39, 0.29) is 17.9 Å². The van der Waals surface area contributed by atoms with Gasteiger partial charge in [-0.2, -0.15) is 0 Å². The van der Waals surface area contributed by atoms with E-state index in [1.807, 2.05) is 18.2 Å². The summed E-state index contributed by atoms with van der Waals surface area (Å²) in [6.07, 6.45) is 4.42. The molecule has 4 heterocycles. The van der Waals surface area contributed by atoms with Gasteiger partial charge in [0.2, 0.25) is 5.91 Å². The summed E-state index contributed by atoms with van der Waals surface area (Å²) in [4.78, 5) is 16.8. The minimum atomic E-state index is -0.230. The van der Waals surface area contributed by atoms with Gasteiger partial charge in [-0.3, -0.25) is 9.78 Å². The van der Waals surface area contributed by atoms with Crippen LogP contribution in [0.1, 0.15) is 39.9 Å². The van der Waals surface area contributed by atoms with Crippen molar-refractivity contribution in [1.29, 1.82) is 0 Å². The van der Waals surface area contributed by atoms with Crippen molar-refractivity contribution in [2.45, 2.75) is 38.3 Å². The first kappa shape index (κ1) is 19.8. The number of ether oxygens (including phenoxy) is 1. The monoisotopic (exact) mass is 450 g/mol. The SMILES string of the molecule is CNC(=O)C1Cc2nccc(-c3cc(Cl)cc4c3OC(c3onc5c3CNCC5)C4)c2C1. The van der Waals surface area contributed by atoms with Gasteiger partial charge in [-0.15, -0.1) is 0 Å². The van der Waals surface area contributed by atoms with Gasteiger partial charge < -0.3 is 19.9 Å². The Morgan fingerprint density at radius 3 is 2.97 bits per heavy atom. The van der Waals surface area contributed by atoms with Gasteiger partial charge in [0.25, 0.3) is 0 Å². The Bertz CT molecular complexity index is 1240. The quantitative estimate of drug-likeness (QED) is 0.637. The summed E-state index contributed by atoms with van der Waals surface area (Å²) in [5.74, 6) is 1.57. The fourth-order valence-electron chi connectivity index (χ4n) is 5.22. The maximum absolute atomic E-state index is 12.3. The van der Waals surface area contributed by atoms with Gasteiger partial charge in [0.1, 0.15) is 5.75 Å². The largest absolute Gasteiger partial charge is 0.481 e. The molecule has 0 saturated carbocycles. The molecule has 0 saturated heterocycles. The number of fused-ring (bicyclic) bond motifs is 3. The van der Waals surface area contributed by atoms with E-state index < -0.39 is 0 Å². The minimum absolute atomic E-state index is 0.0466. The normalized spacial score (nSPS) is 20.9. The summed E-state index contributed by atoms with van der Waals surface area (Å²) in [5, 5.41) is 11.1. The maximum atomic E-state index is 12.3. The van der Waals surface area contributed by atoms with E-state index in [0.29, 0.717) is 24.3 Å². The van der Waals surface area contributed by atoms with Gasteiger partial charge >= 0.3 is 0 Å². The first-order chi connectivity index (χ1) is 15.6. The summed E-state index contributed by atoms with van der Waals surface area (Å²) in [5.41, 5.74) is 7.22. The molecule has 2 aliphatic heterocycles. The Labute approximate surface area is 190 Å². The predicted molar refractivity (Wildman–Crippen MR) is 119 cm³/mol. The predicted octanol–water partition coefficient (Wildman–Crippen LogP) is 3.17. The Balaban J connectivity index is 1.39. The number of aromatic nitrogens is 2. The third kappa shape index (κ3) is 3.11. The standard InChI is InChI=1S/C24H23ClN4O3/c1-26-24(30)13-7-16-15(2-5-28-20(16)8-13)17-10-14(25)6-12-9-21(31-22(12)17)23-18-11-27-4-3-19(18)29-32-23/h2,5-6,10,13,21,27H,3-4,7-9,11H2,1H3,(H,26,30). The van der Waals surface area contributed by atoms with Crippen LogP contribution in [0.15, 0.2) is 28.9 Å². The van der Waals surface area contributed by atoms with Crippen molar-refractivity contribution in [3.05, 3.63) is 63.3 Å². The zero-order valence-corrected chi connectivity index (χ0v) is 18.5. The highest BCUT2D eigenvalue weighted by molar-refractivity contribution is 6.31. The molecule has 1 aliphatic carbocycles. The second-order valence-corrected chi connectivity index (χ2v) is 9.09. The van der Waals surface area contributed by atoms with Crippen molar-refractivity contribution in [3.63, 3.8) is 0 Å². The van der Waals surface area contributed by atoms with Crippen LogP contribution in [0, 0.1) is 5.92 Å². The number of nitrogens with zero attached hydrogens (tertiary/aromatic N) is 2. The molecule has 0 radical (unpaired) electrons. The lowest BCUT2D eigenvalue weighted by Crippen LogP contribution is -2.27. The van der Waals surface area contributed by atoms with Crippen LogP contribution in [0.3, 0.4) is 0 Å². The molecular formula is C24H23ClN4O3. The van der Waals surface area contributed by atoms with E-state index in [1.54, 1.807) is 13.2 Å². The van der Waals surface area contributed by atoms with Crippen LogP contribution in [-0.4, -0.2) is 29.6 Å². The van der Waals surface area contributed by atoms with Crippen molar-refractivity contribution in [3.8, 4) is 16.9 Å². The first-order valence-electron chi connectivity index (χ1n) is 11.0. The molecule has 1 amide bonds. The number of hydrogen-bond acceptors (Lipinski definition) is 6.